The first-order chi connectivity index (χ1) is 18.2. The molecule has 3 N–H and O–H groups in total. The third-order valence-corrected chi connectivity index (χ3v) is 8.05. The number of benzene rings is 1. The van der Waals surface area contributed by atoms with Crippen LogP contribution in [0, 0.1) is 11.8 Å². The highest BCUT2D eigenvalue weighted by Gasteiger charge is 2.33. The predicted octanol–water partition coefficient (Wildman–Crippen LogP) is 4.74. The lowest BCUT2D eigenvalue weighted by Gasteiger charge is -2.23. The van der Waals surface area contributed by atoms with Crippen molar-refractivity contribution >= 4 is 45.5 Å². The number of methoxy groups -OCH3 is 1. The number of pyridine rings is 1. The summed E-state index contributed by atoms with van der Waals surface area (Å²) in [7, 11) is 2.17. The number of nitrogens with zero attached hydrogens (tertiary/aromatic N) is 2. The molecule has 0 saturated carbocycles. The monoisotopic (exact) mass is 581 g/mol. The maximum Gasteiger partial charge on any atom is 0.446 e. The Balaban J connectivity index is 0.00000420. The smallest absolute Gasteiger partial charge is 0.446 e. The van der Waals surface area contributed by atoms with E-state index in [-0.39, 0.29) is 48.3 Å². The first kappa shape index (κ1) is 30.2. The molecule has 8 nitrogen and oxygen atoms in total. The molecule has 1 aromatic carbocycles. The molecule has 4 rings (SSSR count). The van der Waals surface area contributed by atoms with Gasteiger partial charge in [-0.25, -0.2) is 4.52 Å². The summed E-state index contributed by atoms with van der Waals surface area (Å²) in [6, 6.07) is 9.92. The highest BCUT2D eigenvalue weighted by atomic mass is 32.2. The van der Waals surface area contributed by atoms with Gasteiger partial charge >= 0.3 is 5.51 Å². The molecular weight excluding hydrogens is 551 g/mol. The van der Waals surface area contributed by atoms with Crippen molar-refractivity contribution in [1.29, 1.82) is 0 Å². The molecule has 0 radical (unpaired) electrons. The maximum atomic E-state index is 13.4. The van der Waals surface area contributed by atoms with Crippen LogP contribution in [-0.2, 0) is 10.8 Å². The Morgan fingerprint density at radius 3 is 2.67 bits per heavy atom. The molecule has 1 fully saturated rings. The second-order valence-electron chi connectivity index (χ2n) is 8.35. The molecule has 1 aliphatic heterocycles. The molecule has 0 spiro atoms. The van der Waals surface area contributed by atoms with Crippen LogP contribution in [0.25, 0.3) is 5.52 Å². The van der Waals surface area contributed by atoms with Crippen LogP contribution in [0.15, 0.2) is 41.3 Å². The topological polar surface area (TPSA) is 96.8 Å². The molecule has 3 heterocycles. The van der Waals surface area contributed by atoms with E-state index in [1.807, 2.05) is 0 Å². The van der Waals surface area contributed by atoms with Crippen molar-refractivity contribution in [3.8, 4) is 17.6 Å². The Morgan fingerprint density at radius 2 is 2.00 bits per heavy atom. The number of thioether (sulfide) groups is 1. The molecular formula is C26H30F3N5O3S2. The van der Waals surface area contributed by atoms with Gasteiger partial charge in [-0.1, -0.05) is 19.4 Å². The summed E-state index contributed by atoms with van der Waals surface area (Å²) < 4.78 is 58.7. The Hall–Kier alpha value is -3.37. The lowest BCUT2D eigenvalue weighted by molar-refractivity contribution is -0.0327. The zero-order chi connectivity index (χ0) is 27.3. The van der Waals surface area contributed by atoms with Crippen LogP contribution >= 0.6 is 11.8 Å². The number of fused-ring (bicyclic) bond motifs is 1. The number of carbonyl (C=O) groups excluding carboxylic acids is 1. The summed E-state index contributed by atoms with van der Waals surface area (Å²) in [6.07, 6.45) is 1.42. The number of hydrogen-bond acceptors (Lipinski definition) is 7. The number of alkyl halides is 3. The number of aromatic nitrogens is 2. The molecule has 1 saturated heterocycles. The lowest BCUT2D eigenvalue weighted by atomic mass is 10.1. The zero-order valence-electron chi connectivity index (χ0n) is 20.6. The van der Waals surface area contributed by atoms with E-state index in [1.54, 1.807) is 36.4 Å². The van der Waals surface area contributed by atoms with E-state index in [2.05, 4.69) is 32.9 Å². The van der Waals surface area contributed by atoms with Crippen molar-refractivity contribution in [2.45, 2.75) is 36.7 Å². The molecule has 13 heteroatoms. The quantitative estimate of drug-likeness (QED) is 0.274. The molecule has 3 aromatic rings. The number of halogens is 3. The first-order valence-electron chi connectivity index (χ1n) is 11.7. The Bertz CT molecular complexity index is 1410. The third kappa shape index (κ3) is 7.60. The Kier molecular flexibility index (Phi) is 10.2. The largest absolute Gasteiger partial charge is 0.495 e. The molecule has 1 amide bonds. The summed E-state index contributed by atoms with van der Waals surface area (Å²) in [4.78, 5) is 11.8. The minimum absolute atomic E-state index is 0. The van der Waals surface area contributed by atoms with E-state index in [9.17, 15) is 22.2 Å². The van der Waals surface area contributed by atoms with E-state index in [1.165, 1.54) is 18.7 Å². The zero-order valence-corrected chi connectivity index (χ0v) is 22.3. The van der Waals surface area contributed by atoms with E-state index >= 15 is 0 Å². The summed E-state index contributed by atoms with van der Waals surface area (Å²) in [5.74, 6) is 7.50. The van der Waals surface area contributed by atoms with E-state index < -0.39 is 16.3 Å². The van der Waals surface area contributed by atoms with Gasteiger partial charge in [-0.2, -0.15) is 18.3 Å². The van der Waals surface area contributed by atoms with Crippen LogP contribution in [0.2, 0.25) is 0 Å². The Labute approximate surface area is 231 Å². The number of hydrogen-bond donors (Lipinski definition) is 3. The van der Waals surface area contributed by atoms with Crippen LogP contribution < -0.4 is 20.7 Å². The van der Waals surface area contributed by atoms with Crippen molar-refractivity contribution in [2.24, 2.45) is 0 Å². The molecule has 0 bridgehead atoms. The molecule has 0 aliphatic carbocycles. The van der Waals surface area contributed by atoms with Gasteiger partial charge in [0.05, 0.1) is 29.8 Å². The summed E-state index contributed by atoms with van der Waals surface area (Å²) in [5.41, 5.74) is -3.22. The van der Waals surface area contributed by atoms with Crippen molar-refractivity contribution in [1.82, 2.24) is 14.9 Å². The fraction of sp³-hybridized carbons (Fsp3) is 0.385. The highest BCUT2D eigenvalue weighted by Crippen LogP contribution is 2.41. The lowest BCUT2D eigenvalue weighted by Crippen LogP contribution is -2.30. The van der Waals surface area contributed by atoms with E-state index in [0.717, 1.165) is 0 Å². The van der Waals surface area contributed by atoms with Gasteiger partial charge in [-0.05, 0) is 60.9 Å². The number of nitrogens with one attached hydrogen (secondary N) is 3. The number of rotatable bonds is 7. The number of ether oxygens (including phenoxy) is 1. The standard InChI is InChI=1S/C25H26F3N5O3S2.CH4/c1-29-24(34)16-8-9-18(21(15-16)36-2)30-12-4-5-19-23(37-25(26,27)28)20-6-3-7-22(33(20)32-19)31-17-10-13-38(35)14-11-17;/h3,6-9,15,17,30-31H,10-14H2,1-2H3,(H,29,34);1H4. The van der Waals surface area contributed by atoms with Crippen LogP contribution in [0.1, 0.15) is 36.3 Å². The SMILES string of the molecule is C.CNC(=O)c1ccc(NCC#Cc2nn3c(NC4CCS(=O)CC4)cccc3c2SC(F)(F)F)c(OC)c1. The van der Waals surface area contributed by atoms with Crippen molar-refractivity contribution < 1.29 is 26.9 Å². The number of carbonyl (C=O) groups is 1. The number of anilines is 2. The average Bonchev–Trinajstić information content (AvgIpc) is 3.24. The Morgan fingerprint density at radius 1 is 1.26 bits per heavy atom. The number of amides is 1. The fourth-order valence-electron chi connectivity index (χ4n) is 3.99. The van der Waals surface area contributed by atoms with E-state index in [0.29, 0.717) is 52.7 Å². The van der Waals surface area contributed by atoms with Gasteiger partial charge in [-0.3, -0.25) is 9.00 Å². The molecule has 39 heavy (non-hydrogen) atoms. The van der Waals surface area contributed by atoms with Gasteiger partial charge in [0.2, 0.25) is 0 Å². The third-order valence-electron chi connectivity index (χ3n) is 5.83. The molecule has 1 aliphatic rings. The molecule has 2 aromatic heterocycles. The first-order valence-corrected chi connectivity index (χ1v) is 14.0. The van der Waals surface area contributed by atoms with Gasteiger partial charge in [0.1, 0.15) is 17.3 Å². The summed E-state index contributed by atoms with van der Waals surface area (Å²) >= 11 is -0.247. The molecule has 0 atom stereocenters. The van der Waals surface area contributed by atoms with Crippen molar-refractivity contribution in [3.05, 3.63) is 47.7 Å². The van der Waals surface area contributed by atoms with Crippen molar-refractivity contribution in [2.75, 3.05) is 42.8 Å². The normalized spacial score (nSPS) is 16.9. The highest BCUT2D eigenvalue weighted by molar-refractivity contribution is 8.00. The minimum atomic E-state index is -4.52. The van der Waals surface area contributed by atoms with E-state index in [4.69, 9.17) is 4.74 Å². The summed E-state index contributed by atoms with van der Waals surface area (Å²) in [6.45, 7) is 0.101. The van der Waals surface area contributed by atoms with Gasteiger partial charge in [-0.15, -0.1) is 0 Å². The van der Waals surface area contributed by atoms with Gasteiger partial charge < -0.3 is 20.7 Å². The molecule has 0 unspecified atom stereocenters. The predicted molar refractivity (Wildman–Crippen MR) is 150 cm³/mol. The van der Waals surface area contributed by atoms with Crippen LogP contribution in [0.3, 0.4) is 0 Å². The van der Waals surface area contributed by atoms with Crippen molar-refractivity contribution in [3.63, 3.8) is 0 Å². The second kappa shape index (κ2) is 13.1. The van der Waals surface area contributed by atoms with Crippen LogP contribution in [0.5, 0.6) is 5.75 Å². The van der Waals surface area contributed by atoms with Gasteiger partial charge in [0.25, 0.3) is 5.91 Å². The maximum absolute atomic E-state index is 13.4. The second-order valence-corrected chi connectivity index (χ2v) is 11.1. The van der Waals surface area contributed by atoms with Crippen LogP contribution in [-0.4, -0.2) is 63.5 Å². The molecule has 210 valence electrons. The van der Waals surface area contributed by atoms with Gasteiger partial charge in [0.15, 0.2) is 0 Å². The average molecular weight is 582 g/mol. The van der Waals surface area contributed by atoms with Crippen LogP contribution in [0.4, 0.5) is 24.7 Å². The van der Waals surface area contributed by atoms with Gasteiger partial charge in [0, 0.05) is 41.0 Å². The fourth-order valence-corrected chi connectivity index (χ4v) is 5.97. The minimum Gasteiger partial charge on any atom is -0.495 e. The summed E-state index contributed by atoms with van der Waals surface area (Å²) in [5, 5.41) is 13.3.